The van der Waals surface area contributed by atoms with Crippen LogP contribution >= 0.6 is 15.9 Å². The monoisotopic (exact) mass is 280 g/mol. The molecule has 0 radical (unpaired) electrons. The smallest absolute Gasteiger partial charge is 0.137 e. The second-order valence-electron chi connectivity index (χ2n) is 3.61. The highest BCUT2D eigenvalue weighted by Crippen LogP contribution is 2.20. The van der Waals surface area contributed by atoms with Crippen molar-refractivity contribution >= 4 is 15.9 Å². The zero-order valence-corrected chi connectivity index (χ0v) is 10.3. The van der Waals surface area contributed by atoms with Gasteiger partial charge in [-0.2, -0.15) is 5.10 Å². The molecule has 2 rings (SSSR count). The Labute approximate surface area is 103 Å². The fraction of sp³-hybridized carbons (Fsp3) is 0.273. The van der Waals surface area contributed by atoms with Gasteiger partial charge in [-0.05, 0) is 17.7 Å². The lowest BCUT2D eigenvalue weighted by molar-refractivity contribution is 0.520. The Morgan fingerprint density at radius 1 is 1.44 bits per heavy atom. The van der Waals surface area contributed by atoms with E-state index in [2.05, 4.69) is 38.1 Å². The van der Waals surface area contributed by atoms with E-state index in [-0.39, 0.29) is 5.92 Å². The van der Waals surface area contributed by atoms with Crippen LogP contribution in [0.1, 0.15) is 11.5 Å². The van der Waals surface area contributed by atoms with Crippen molar-refractivity contribution in [2.75, 3.05) is 6.54 Å². The standard InChI is InChI=1S/C11H13BrN4/c12-11-3-1-2-9(4-11)10(5-13)6-16-8-14-7-15-16/h1-4,7-8,10H,5-6,13H2. The average molecular weight is 281 g/mol. The largest absolute Gasteiger partial charge is 0.330 e. The summed E-state index contributed by atoms with van der Waals surface area (Å²) in [7, 11) is 0. The van der Waals surface area contributed by atoms with E-state index in [1.807, 2.05) is 12.1 Å². The summed E-state index contributed by atoms with van der Waals surface area (Å²) < 4.78 is 2.88. The van der Waals surface area contributed by atoms with E-state index >= 15 is 0 Å². The molecule has 4 nitrogen and oxygen atoms in total. The summed E-state index contributed by atoms with van der Waals surface area (Å²) in [6.07, 6.45) is 3.25. The third kappa shape index (κ3) is 2.68. The minimum Gasteiger partial charge on any atom is -0.330 e. The summed E-state index contributed by atoms with van der Waals surface area (Å²) in [4.78, 5) is 3.92. The number of nitrogens with two attached hydrogens (primary N) is 1. The van der Waals surface area contributed by atoms with Crippen LogP contribution in [0, 0.1) is 0 Å². The Bertz CT molecular complexity index is 441. The first-order chi connectivity index (χ1) is 7.79. The number of nitrogens with zero attached hydrogens (tertiary/aromatic N) is 3. The molecule has 1 atom stereocenters. The zero-order valence-electron chi connectivity index (χ0n) is 8.75. The van der Waals surface area contributed by atoms with Crippen LogP contribution in [-0.2, 0) is 6.54 Å². The van der Waals surface area contributed by atoms with Gasteiger partial charge in [-0.25, -0.2) is 4.98 Å². The van der Waals surface area contributed by atoms with Gasteiger partial charge in [-0.15, -0.1) is 0 Å². The molecule has 0 aliphatic heterocycles. The maximum atomic E-state index is 5.79. The second-order valence-corrected chi connectivity index (χ2v) is 4.52. The third-order valence-electron chi connectivity index (χ3n) is 2.48. The number of hydrogen-bond acceptors (Lipinski definition) is 3. The molecule has 2 aromatic rings. The number of benzene rings is 1. The summed E-state index contributed by atoms with van der Waals surface area (Å²) in [5, 5.41) is 4.09. The normalized spacial score (nSPS) is 12.6. The van der Waals surface area contributed by atoms with Crippen molar-refractivity contribution in [2.45, 2.75) is 12.5 Å². The zero-order chi connectivity index (χ0) is 11.4. The molecule has 0 saturated heterocycles. The summed E-state index contributed by atoms with van der Waals surface area (Å²) >= 11 is 3.46. The molecule has 0 bridgehead atoms. The Balaban J connectivity index is 2.16. The van der Waals surface area contributed by atoms with E-state index in [9.17, 15) is 0 Å². The van der Waals surface area contributed by atoms with Crippen molar-refractivity contribution < 1.29 is 0 Å². The van der Waals surface area contributed by atoms with Crippen molar-refractivity contribution in [3.05, 3.63) is 47.0 Å². The van der Waals surface area contributed by atoms with Crippen molar-refractivity contribution in [2.24, 2.45) is 5.73 Å². The van der Waals surface area contributed by atoms with Crippen LogP contribution < -0.4 is 5.73 Å². The van der Waals surface area contributed by atoms with Crippen LogP contribution in [0.15, 0.2) is 41.4 Å². The maximum Gasteiger partial charge on any atom is 0.137 e. The number of aromatic nitrogens is 3. The minimum atomic E-state index is 0.263. The second kappa shape index (κ2) is 5.23. The summed E-state index contributed by atoms with van der Waals surface area (Å²) in [5.41, 5.74) is 7.01. The van der Waals surface area contributed by atoms with Crippen LogP contribution in [0.4, 0.5) is 0 Å². The average Bonchev–Trinajstić information content (AvgIpc) is 2.78. The van der Waals surface area contributed by atoms with Crippen LogP contribution in [0.5, 0.6) is 0 Å². The molecule has 1 aromatic carbocycles. The number of rotatable bonds is 4. The lowest BCUT2D eigenvalue weighted by atomic mass is 9.99. The minimum absolute atomic E-state index is 0.263. The van der Waals surface area contributed by atoms with Gasteiger partial charge in [0, 0.05) is 16.9 Å². The first-order valence-corrected chi connectivity index (χ1v) is 5.87. The number of halogens is 1. The molecule has 1 aromatic heterocycles. The van der Waals surface area contributed by atoms with Gasteiger partial charge in [0.15, 0.2) is 0 Å². The Morgan fingerprint density at radius 2 is 2.31 bits per heavy atom. The van der Waals surface area contributed by atoms with Crippen LogP contribution in [0.25, 0.3) is 0 Å². The van der Waals surface area contributed by atoms with E-state index in [0.717, 1.165) is 11.0 Å². The maximum absolute atomic E-state index is 5.79. The number of hydrogen-bond donors (Lipinski definition) is 1. The Morgan fingerprint density at radius 3 is 2.94 bits per heavy atom. The molecule has 0 saturated carbocycles. The fourth-order valence-electron chi connectivity index (χ4n) is 1.63. The van der Waals surface area contributed by atoms with E-state index < -0.39 is 0 Å². The van der Waals surface area contributed by atoms with Crippen molar-refractivity contribution in [3.8, 4) is 0 Å². The lowest BCUT2D eigenvalue weighted by Crippen LogP contribution is -2.18. The summed E-state index contributed by atoms with van der Waals surface area (Å²) in [6.45, 7) is 1.35. The fourth-order valence-corrected chi connectivity index (χ4v) is 2.05. The molecule has 0 aliphatic carbocycles. The molecule has 0 fully saturated rings. The summed E-state index contributed by atoms with van der Waals surface area (Å²) in [6, 6.07) is 8.20. The molecule has 16 heavy (non-hydrogen) atoms. The highest BCUT2D eigenvalue weighted by atomic mass is 79.9. The van der Waals surface area contributed by atoms with Gasteiger partial charge in [0.1, 0.15) is 12.7 Å². The van der Waals surface area contributed by atoms with E-state index in [4.69, 9.17) is 5.73 Å². The Kier molecular flexibility index (Phi) is 3.69. The highest BCUT2D eigenvalue weighted by molar-refractivity contribution is 9.10. The van der Waals surface area contributed by atoms with Crippen molar-refractivity contribution in [1.82, 2.24) is 14.8 Å². The van der Waals surface area contributed by atoms with Gasteiger partial charge in [-0.1, -0.05) is 28.1 Å². The molecule has 0 aliphatic rings. The SMILES string of the molecule is NCC(Cn1cncn1)c1cccc(Br)c1. The first-order valence-electron chi connectivity index (χ1n) is 5.07. The van der Waals surface area contributed by atoms with Crippen LogP contribution in [0.3, 0.4) is 0 Å². The Hall–Kier alpha value is -1.20. The van der Waals surface area contributed by atoms with Gasteiger partial charge < -0.3 is 5.73 Å². The van der Waals surface area contributed by atoms with Crippen LogP contribution in [0.2, 0.25) is 0 Å². The molecule has 0 amide bonds. The molecule has 1 heterocycles. The topological polar surface area (TPSA) is 56.7 Å². The van der Waals surface area contributed by atoms with Gasteiger partial charge in [0.05, 0.1) is 6.54 Å². The van der Waals surface area contributed by atoms with Crippen molar-refractivity contribution in [1.29, 1.82) is 0 Å². The van der Waals surface area contributed by atoms with Gasteiger partial charge in [-0.3, -0.25) is 4.68 Å². The van der Waals surface area contributed by atoms with Gasteiger partial charge >= 0.3 is 0 Å². The first kappa shape index (κ1) is 11.3. The van der Waals surface area contributed by atoms with E-state index in [1.165, 1.54) is 11.9 Å². The molecular formula is C11H13BrN4. The third-order valence-corrected chi connectivity index (χ3v) is 2.97. The van der Waals surface area contributed by atoms with Gasteiger partial charge in [0.25, 0.3) is 0 Å². The lowest BCUT2D eigenvalue weighted by Gasteiger charge is -2.15. The predicted octanol–water partition coefficient (Wildman–Crippen LogP) is 1.78. The highest BCUT2D eigenvalue weighted by Gasteiger charge is 2.11. The molecular weight excluding hydrogens is 268 g/mol. The summed E-state index contributed by atoms with van der Waals surface area (Å²) in [5.74, 6) is 0.263. The molecule has 5 heteroatoms. The van der Waals surface area contributed by atoms with Gasteiger partial charge in [0.2, 0.25) is 0 Å². The predicted molar refractivity (Wildman–Crippen MR) is 66.0 cm³/mol. The van der Waals surface area contributed by atoms with Crippen molar-refractivity contribution in [3.63, 3.8) is 0 Å². The van der Waals surface area contributed by atoms with E-state index in [1.54, 1.807) is 11.0 Å². The molecule has 2 N–H and O–H groups in total. The molecule has 84 valence electrons. The molecule has 1 unspecified atom stereocenters. The van der Waals surface area contributed by atoms with Crippen LogP contribution in [-0.4, -0.2) is 21.3 Å². The molecule has 0 spiro atoms. The van der Waals surface area contributed by atoms with E-state index in [0.29, 0.717) is 6.54 Å². The quantitative estimate of drug-likeness (QED) is 0.929.